The molecule has 4 nitrogen and oxygen atoms in total. The Kier molecular flexibility index (Phi) is 2.60. The molecule has 1 atom stereocenters. The molecule has 0 N–H and O–H groups in total. The van der Waals surface area contributed by atoms with Gasteiger partial charge in [-0.15, -0.1) is 0 Å². The summed E-state index contributed by atoms with van der Waals surface area (Å²) in [4.78, 5) is 25.5. The molecule has 1 aromatic heterocycles. The van der Waals surface area contributed by atoms with E-state index in [9.17, 15) is 22.8 Å². The Bertz CT molecular complexity index is 484. The van der Waals surface area contributed by atoms with E-state index in [1.165, 1.54) is 0 Å². The van der Waals surface area contributed by atoms with Crippen molar-refractivity contribution in [3.8, 4) is 0 Å². The predicted octanol–water partition coefficient (Wildman–Crippen LogP) is 1.66. The number of carbonyl (C=O) groups excluding carboxylic acids is 2. The van der Waals surface area contributed by atoms with Crippen molar-refractivity contribution in [3.05, 3.63) is 29.6 Å². The van der Waals surface area contributed by atoms with Crippen LogP contribution >= 0.6 is 0 Å². The standard InChI is InChI=1S/C10H6F3NO3/c11-10(12,13)7-4-14-2-1-5(7)6-3-8(15)17-9(6)16/h1-2,4,6H,3H2. The molecule has 0 spiro atoms. The first-order valence-electron chi connectivity index (χ1n) is 4.65. The molecule has 1 saturated heterocycles. The normalized spacial score (nSPS) is 20.5. The van der Waals surface area contributed by atoms with Crippen molar-refractivity contribution in [2.75, 3.05) is 0 Å². The number of carbonyl (C=O) groups is 2. The van der Waals surface area contributed by atoms with Crippen LogP contribution in [0.4, 0.5) is 13.2 Å². The number of halogens is 3. The summed E-state index contributed by atoms with van der Waals surface area (Å²) in [6, 6.07) is 1.08. The molecule has 90 valence electrons. The van der Waals surface area contributed by atoms with Gasteiger partial charge in [0.05, 0.1) is 17.9 Å². The van der Waals surface area contributed by atoms with Crippen LogP contribution in [0.15, 0.2) is 18.5 Å². The van der Waals surface area contributed by atoms with Crippen LogP contribution in [0.25, 0.3) is 0 Å². The molecule has 1 unspecified atom stereocenters. The second-order valence-electron chi connectivity index (χ2n) is 3.51. The smallest absolute Gasteiger partial charge is 0.393 e. The predicted molar refractivity (Wildman–Crippen MR) is 47.7 cm³/mol. The SMILES string of the molecule is O=C1CC(c2ccncc2C(F)(F)F)C(=O)O1. The summed E-state index contributed by atoms with van der Waals surface area (Å²) < 4.78 is 42.2. The topological polar surface area (TPSA) is 56.3 Å². The quantitative estimate of drug-likeness (QED) is 0.557. The van der Waals surface area contributed by atoms with E-state index in [0.29, 0.717) is 6.20 Å². The van der Waals surface area contributed by atoms with Gasteiger partial charge in [0.2, 0.25) is 0 Å². The Morgan fingerprint density at radius 1 is 1.35 bits per heavy atom. The van der Waals surface area contributed by atoms with Crippen LogP contribution in [0.1, 0.15) is 23.5 Å². The van der Waals surface area contributed by atoms with Crippen molar-refractivity contribution in [3.63, 3.8) is 0 Å². The molecule has 0 aliphatic carbocycles. The second-order valence-corrected chi connectivity index (χ2v) is 3.51. The molecule has 0 bridgehead atoms. The average Bonchev–Trinajstić information content (AvgIpc) is 2.56. The number of aromatic nitrogens is 1. The first-order chi connectivity index (χ1) is 7.89. The Labute approximate surface area is 93.4 Å². The van der Waals surface area contributed by atoms with Crippen LogP contribution in [0.3, 0.4) is 0 Å². The van der Waals surface area contributed by atoms with E-state index in [0.717, 1.165) is 12.3 Å². The first-order valence-corrected chi connectivity index (χ1v) is 4.65. The Morgan fingerprint density at radius 2 is 2.06 bits per heavy atom. The fourth-order valence-corrected chi connectivity index (χ4v) is 1.66. The van der Waals surface area contributed by atoms with E-state index >= 15 is 0 Å². The Hall–Kier alpha value is -1.92. The van der Waals surface area contributed by atoms with Crippen molar-refractivity contribution in [1.82, 2.24) is 4.98 Å². The number of hydrogen-bond donors (Lipinski definition) is 0. The van der Waals surface area contributed by atoms with Crippen LogP contribution in [0.2, 0.25) is 0 Å². The number of rotatable bonds is 1. The number of pyridine rings is 1. The van der Waals surface area contributed by atoms with Gasteiger partial charge >= 0.3 is 18.1 Å². The van der Waals surface area contributed by atoms with Crippen molar-refractivity contribution in [2.24, 2.45) is 0 Å². The average molecular weight is 245 g/mol. The van der Waals surface area contributed by atoms with Gasteiger partial charge in [0, 0.05) is 12.4 Å². The summed E-state index contributed by atoms with van der Waals surface area (Å²) in [5, 5.41) is 0. The van der Waals surface area contributed by atoms with Gasteiger partial charge in [-0.2, -0.15) is 13.2 Å². The number of nitrogens with zero attached hydrogens (tertiary/aromatic N) is 1. The molecule has 1 aliphatic heterocycles. The molecular formula is C10H6F3NO3. The van der Waals surface area contributed by atoms with E-state index in [1.807, 2.05) is 0 Å². The molecule has 1 fully saturated rings. The minimum atomic E-state index is -4.62. The third kappa shape index (κ3) is 2.13. The molecule has 2 rings (SSSR count). The summed E-state index contributed by atoms with van der Waals surface area (Å²) in [6.45, 7) is 0. The lowest BCUT2D eigenvalue weighted by Crippen LogP contribution is -2.15. The Balaban J connectivity index is 2.46. The van der Waals surface area contributed by atoms with Gasteiger partial charge in [-0.1, -0.05) is 0 Å². The largest absolute Gasteiger partial charge is 0.418 e. The highest BCUT2D eigenvalue weighted by molar-refractivity contribution is 5.98. The maximum Gasteiger partial charge on any atom is 0.418 e. The number of ether oxygens (including phenoxy) is 1. The van der Waals surface area contributed by atoms with Crippen molar-refractivity contribution < 1.29 is 27.5 Å². The van der Waals surface area contributed by atoms with Gasteiger partial charge in [0.25, 0.3) is 0 Å². The lowest BCUT2D eigenvalue weighted by atomic mass is 9.94. The highest BCUT2D eigenvalue weighted by Gasteiger charge is 2.41. The molecule has 0 aromatic carbocycles. The van der Waals surface area contributed by atoms with Crippen LogP contribution in [0.5, 0.6) is 0 Å². The van der Waals surface area contributed by atoms with E-state index in [4.69, 9.17) is 0 Å². The van der Waals surface area contributed by atoms with E-state index in [2.05, 4.69) is 9.72 Å². The number of cyclic esters (lactones) is 2. The molecule has 7 heteroatoms. The summed E-state index contributed by atoms with van der Waals surface area (Å²) in [5.41, 5.74) is -1.29. The third-order valence-electron chi connectivity index (χ3n) is 2.41. The zero-order valence-electron chi connectivity index (χ0n) is 8.32. The van der Waals surface area contributed by atoms with Gasteiger partial charge in [0.1, 0.15) is 0 Å². The third-order valence-corrected chi connectivity index (χ3v) is 2.41. The zero-order chi connectivity index (χ0) is 12.6. The lowest BCUT2D eigenvalue weighted by molar-refractivity contribution is -0.152. The molecule has 1 aromatic rings. The number of alkyl halides is 3. The van der Waals surface area contributed by atoms with Crippen LogP contribution in [-0.2, 0) is 20.5 Å². The highest BCUT2D eigenvalue weighted by Crippen LogP contribution is 2.37. The summed E-state index contributed by atoms with van der Waals surface area (Å²) in [6.07, 6.45) is -3.21. The summed E-state index contributed by atoms with van der Waals surface area (Å²) in [5.74, 6) is -2.96. The van der Waals surface area contributed by atoms with Crippen LogP contribution < -0.4 is 0 Å². The van der Waals surface area contributed by atoms with Crippen molar-refractivity contribution in [1.29, 1.82) is 0 Å². The molecule has 17 heavy (non-hydrogen) atoms. The van der Waals surface area contributed by atoms with E-state index in [-0.39, 0.29) is 12.0 Å². The minimum Gasteiger partial charge on any atom is -0.393 e. The fourth-order valence-electron chi connectivity index (χ4n) is 1.66. The minimum absolute atomic E-state index is 0.275. The second kappa shape index (κ2) is 3.83. The van der Waals surface area contributed by atoms with E-state index < -0.39 is 29.6 Å². The maximum absolute atomic E-state index is 12.6. The maximum atomic E-state index is 12.6. The van der Waals surface area contributed by atoms with Gasteiger partial charge in [0.15, 0.2) is 0 Å². The van der Waals surface area contributed by atoms with E-state index in [1.54, 1.807) is 0 Å². The highest BCUT2D eigenvalue weighted by atomic mass is 19.4. The summed E-state index contributed by atoms with van der Waals surface area (Å²) in [7, 11) is 0. The van der Waals surface area contributed by atoms with Crippen molar-refractivity contribution in [2.45, 2.75) is 18.5 Å². The summed E-state index contributed by atoms with van der Waals surface area (Å²) >= 11 is 0. The van der Waals surface area contributed by atoms with Crippen LogP contribution in [0, 0.1) is 0 Å². The number of hydrogen-bond acceptors (Lipinski definition) is 4. The molecule has 1 aliphatic rings. The molecular weight excluding hydrogens is 239 g/mol. The molecule has 0 saturated carbocycles. The van der Waals surface area contributed by atoms with Gasteiger partial charge < -0.3 is 4.74 Å². The fraction of sp³-hybridized carbons (Fsp3) is 0.300. The van der Waals surface area contributed by atoms with Crippen molar-refractivity contribution >= 4 is 11.9 Å². The molecule has 2 heterocycles. The lowest BCUT2D eigenvalue weighted by Gasteiger charge is -2.13. The van der Waals surface area contributed by atoms with Gasteiger partial charge in [-0.05, 0) is 11.6 Å². The monoisotopic (exact) mass is 245 g/mol. The molecule has 0 radical (unpaired) electrons. The van der Waals surface area contributed by atoms with Gasteiger partial charge in [-0.25, -0.2) is 0 Å². The first kappa shape index (κ1) is 11.6. The Morgan fingerprint density at radius 3 is 2.59 bits per heavy atom. The number of esters is 2. The van der Waals surface area contributed by atoms with Gasteiger partial charge in [-0.3, -0.25) is 14.6 Å². The zero-order valence-corrected chi connectivity index (χ0v) is 8.32. The molecule has 0 amide bonds. The van der Waals surface area contributed by atoms with Crippen LogP contribution in [-0.4, -0.2) is 16.9 Å².